The van der Waals surface area contributed by atoms with E-state index in [0.29, 0.717) is 32.2 Å². The van der Waals surface area contributed by atoms with Crippen LogP contribution in [0, 0.1) is 0 Å². The van der Waals surface area contributed by atoms with E-state index in [1.807, 2.05) is 0 Å². The van der Waals surface area contributed by atoms with Gasteiger partial charge in [0.05, 0.1) is 18.7 Å². The molecule has 0 atom stereocenters. The van der Waals surface area contributed by atoms with Gasteiger partial charge in [-0.2, -0.15) is 0 Å². The van der Waals surface area contributed by atoms with Crippen molar-refractivity contribution < 1.29 is 14.3 Å². The predicted molar refractivity (Wildman–Crippen MR) is 86.7 cm³/mol. The Kier molecular flexibility index (Phi) is 5.09. The molecule has 4 nitrogen and oxygen atoms in total. The molecule has 1 amide bonds. The molecule has 0 saturated carbocycles. The Hall–Kier alpha value is -1.72. The average molecular weight is 371 g/mol. The van der Waals surface area contributed by atoms with Crippen LogP contribution in [0.3, 0.4) is 0 Å². The van der Waals surface area contributed by atoms with E-state index in [0.717, 1.165) is 0 Å². The third-order valence-electron chi connectivity index (χ3n) is 2.78. The van der Waals surface area contributed by atoms with Crippen molar-refractivity contribution >= 4 is 39.1 Å². The highest BCUT2D eigenvalue weighted by atomic mass is 79.9. The number of hydrogen-bond donors (Lipinski definition) is 1. The average Bonchev–Trinajstić information content (AvgIpc) is 2.46. The number of benzene rings is 2. The molecule has 0 aliphatic rings. The molecule has 6 heteroatoms. The van der Waals surface area contributed by atoms with Gasteiger partial charge in [0.15, 0.2) is 11.5 Å². The van der Waals surface area contributed by atoms with Crippen molar-refractivity contribution in [1.82, 2.24) is 0 Å². The van der Waals surface area contributed by atoms with Gasteiger partial charge in [-0.25, -0.2) is 0 Å². The lowest BCUT2D eigenvalue weighted by Crippen LogP contribution is -2.12. The summed E-state index contributed by atoms with van der Waals surface area (Å²) >= 11 is 9.25. The summed E-state index contributed by atoms with van der Waals surface area (Å²) in [6.07, 6.45) is 0. The van der Waals surface area contributed by atoms with Gasteiger partial charge in [-0.1, -0.05) is 17.7 Å². The van der Waals surface area contributed by atoms with Crippen molar-refractivity contribution in [3.05, 3.63) is 51.5 Å². The third kappa shape index (κ3) is 3.68. The van der Waals surface area contributed by atoms with Crippen LogP contribution in [0.2, 0.25) is 5.02 Å². The molecule has 0 fully saturated rings. The van der Waals surface area contributed by atoms with Gasteiger partial charge in [-0.15, -0.1) is 0 Å². The van der Waals surface area contributed by atoms with Gasteiger partial charge in [0.25, 0.3) is 5.91 Å². The number of carbonyl (C=O) groups is 1. The first-order valence-electron chi connectivity index (χ1n) is 6.03. The summed E-state index contributed by atoms with van der Waals surface area (Å²) < 4.78 is 11.1. The maximum atomic E-state index is 12.3. The Balaban J connectivity index is 2.29. The van der Waals surface area contributed by atoms with E-state index in [9.17, 15) is 4.79 Å². The summed E-state index contributed by atoms with van der Waals surface area (Å²) in [6, 6.07) is 10.2. The first kappa shape index (κ1) is 15.7. The second kappa shape index (κ2) is 6.83. The largest absolute Gasteiger partial charge is 0.493 e. The summed E-state index contributed by atoms with van der Waals surface area (Å²) in [7, 11) is 3.05. The minimum Gasteiger partial charge on any atom is -0.493 e. The van der Waals surface area contributed by atoms with Gasteiger partial charge in [-0.3, -0.25) is 4.79 Å². The van der Waals surface area contributed by atoms with Gasteiger partial charge in [0, 0.05) is 16.3 Å². The van der Waals surface area contributed by atoms with E-state index >= 15 is 0 Å². The summed E-state index contributed by atoms with van der Waals surface area (Å²) in [5.41, 5.74) is 1.07. The van der Waals surface area contributed by atoms with Crippen LogP contribution in [0.15, 0.2) is 40.9 Å². The molecular weight excluding hydrogens is 358 g/mol. The fourth-order valence-corrected chi connectivity index (χ4v) is 2.61. The van der Waals surface area contributed by atoms with Crippen LogP contribution in [0.25, 0.3) is 0 Å². The zero-order chi connectivity index (χ0) is 15.4. The molecule has 0 radical (unpaired) electrons. The molecule has 0 aliphatic carbocycles. The fourth-order valence-electron chi connectivity index (χ4n) is 1.82. The van der Waals surface area contributed by atoms with E-state index in [1.165, 1.54) is 14.2 Å². The number of halogens is 2. The number of rotatable bonds is 4. The van der Waals surface area contributed by atoms with E-state index in [4.69, 9.17) is 21.1 Å². The molecule has 0 aliphatic heterocycles. The molecule has 1 N–H and O–H groups in total. The highest BCUT2D eigenvalue weighted by Crippen LogP contribution is 2.36. The molecule has 21 heavy (non-hydrogen) atoms. The molecule has 0 unspecified atom stereocenters. The highest BCUT2D eigenvalue weighted by molar-refractivity contribution is 9.10. The summed E-state index contributed by atoms with van der Waals surface area (Å²) in [5, 5.41) is 3.33. The monoisotopic (exact) mass is 369 g/mol. The molecule has 2 aromatic carbocycles. The Labute approximate surface area is 136 Å². The van der Waals surface area contributed by atoms with Crippen LogP contribution >= 0.6 is 27.5 Å². The van der Waals surface area contributed by atoms with Gasteiger partial charge in [0.1, 0.15) is 0 Å². The molecule has 110 valence electrons. The van der Waals surface area contributed by atoms with Crippen molar-refractivity contribution in [2.45, 2.75) is 0 Å². The number of carbonyl (C=O) groups excluding carboxylic acids is 1. The maximum Gasteiger partial charge on any atom is 0.255 e. The smallest absolute Gasteiger partial charge is 0.255 e. The molecule has 2 rings (SSSR count). The number of hydrogen-bond acceptors (Lipinski definition) is 3. The lowest BCUT2D eigenvalue weighted by molar-refractivity contribution is 0.102. The van der Waals surface area contributed by atoms with E-state index in [1.54, 1.807) is 36.4 Å². The molecule has 0 saturated heterocycles. The Morgan fingerprint density at radius 2 is 1.95 bits per heavy atom. The van der Waals surface area contributed by atoms with Crippen LogP contribution in [0.4, 0.5) is 5.69 Å². The summed E-state index contributed by atoms with van der Waals surface area (Å²) in [5.74, 6) is 0.749. The summed E-state index contributed by atoms with van der Waals surface area (Å²) in [6.45, 7) is 0. The van der Waals surface area contributed by atoms with Gasteiger partial charge in [-0.05, 0) is 46.3 Å². The number of amides is 1. The van der Waals surface area contributed by atoms with Crippen LogP contribution < -0.4 is 14.8 Å². The Morgan fingerprint density at radius 1 is 1.19 bits per heavy atom. The molecule has 0 bridgehead atoms. The van der Waals surface area contributed by atoms with Crippen molar-refractivity contribution in [3.8, 4) is 11.5 Å². The van der Waals surface area contributed by atoms with Crippen LogP contribution in [-0.4, -0.2) is 20.1 Å². The lowest BCUT2D eigenvalue weighted by atomic mass is 10.2. The van der Waals surface area contributed by atoms with Crippen molar-refractivity contribution in [1.29, 1.82) is 0 Å². The normalized spacial score (nSPS) is 10.1. The molecule has 0 spiro atoms. The van der Waals surface area contributed by atoms with Crippen molar-refractivity contribution in [2.75, 3.05) is 19.5 Å². The topological polar surface area (TPSA) is 47.6 Å². The minimum absolute atomic E-state index is 0.265. The van der Waals surface area contributed by atoms with Crippen LogP contribution in [0.5, 0.6) is 11.5 Å². The Morgan fingerprint density at radius 3 is 2.57 bits per heavy atom. The van der Waals surface area contributed by atoms with Crippen molar-refractivity contribution in [2.24, 2.45) is 0 Å². The number of nitrogens with one attached hydrogen (secondary N) is 1. The zero-order valence-electron chi connectivity index (χ0n) is 11.4. The first-order valence-corrected chi connectivity index (χ1v) is 7.20. The summed E-state index contributed by atoms with van der Waals surface area (Å²) in [4.78, 5) is 12.3. The van der Waals surface area contributed by atoms with Gasteiger partial charge in [0.2, 0.25) is 0 Å². The zero-order valence-corrected chi connectivity index (χ0v) is 13.8. The van der Waals surface area contributed by atoms with E-state index in [-0.39, 0.29) is 5.91 Å². The van der Waals surface area contributed by atoms with Crippen LogP contribution in [-0.2, 0) is 0 Å². The minimum atomic E-state index is -0.265. The predicted octanol–water partition coefficient (Wildman–Crippen LogP) is 4.37. The van der Waals surface area contributed by atoms with Gasteiger partial charge >= 0.3 is 0 Å². The number of ether oxygens (including phenoxy) is 2. The van der Waals surface area contributed by atoms with E-state index in [2.05, 4.69) is 21.2 Å². The van der Waals surface area contributed by atoms with Gasteiger partial charge < -0.3 is 14.8 Å². The second-order valence-corrected chi connectivity index (χ2v) is 5.45. The third-order valence-corrected chi connectivity index (χ3v) is 3.60. The second-order valence-electron chi connectivity index (χ2n) is 4.16. The molecular formula is C15H13BrClNO3. The fraction of sp³-hybridized carbons (Fsp3) is 0.133. The quantitative estimate of drug-likeness (QED) is 0.869. The number of anilines is 1. The van der Waals surface area contributed by atoms with E-state index < -0.39 is 0 Å². The first-order chi connectivity index (χ1) is 10.0. The number of methoxy groups -OCH3 is 2. The van der Waals surface area contributed by atoms with Crippen molar-refractivity contribution in [3.63, 3.8) is 0 Å². The molecule has 0 aromatic heterocycles. The molecule has 0 heterocycles. The Bertz CT molecular complexity index is 676. The highest BCUT2D eigenvalue weighted by Gasteiger charge is 2.15. The molecule has 2 aromatic rings. The standard InChI is InChI=1S/C15H13BrClNO3/c1-20-13-7-9(6-12(16)14(13)21-2)15(19)18-11-5-3-4-10(17)8-11/h3-8H,1-2H3,(H,18,19). The maximum absolute atomic E-state index is 12.3. The SMILES string of the molecule is COc1cc(C(=O)Nc2cccc(Cl)c2)cc(Br)c1OC. The van der Waals surface area contributed by atoms with Crippen LogP contribution in [0.1, 0.15) is 10.4 Å². The lowest BCUT2D eigenvalue weighted by Gasteiger charge is -2.12.